The minimum atomic E-state index is -0.308. The van der Waals surface area contributed by atoms with Gasteiger partial charge in [-0.1, -0.05) is 74.3 Å². The molecule has 1 fully saturated rings. The van der Waals surface area contributed by atoms with E-state index in [-0.39, 0.29) is 22.6 Å². The average Bonchev–Trinajstić information content (AvgIpc) is 2.87. The molecule has 0 unspecified atom stereocenters. The van der Waals surface area contributed by atoms with Gasteiger partial charge in [-0.2, -0.15) is 0 Å². The predicted octanol–water partition coefficient (Wildman–Crippen LogP) is 7.28. The molecule has 202 valence electrons. The van der Waals surface area contributed by atoms with Crippen LogP contribution < -0.4 is 15.1 Å². The third-order valence-electron chi connectivity index (χ3n) is 7.20. The Balaban J connectivity index is 1.69. The second kappa shape index (κ2) is 12.0. The van der Waals surface area contributed by atoms with E-state index in [0.29, 0.717) is 28.2 Å². The Morgan fingerprint density at radius 3 is 2.21 bits per heavy atom. The molecule has 0 aromatic heterocycles. The van der Waals surface area contributed by atoms with Gasteiger partial charge < -0.3 is 20.2 Å². The minimum absolute atomic E-state index is 0.200. The highest BCUT2D eigenvalue weighted by atomic mass is 35.5. The Kier molecular flexibility index (Phi) is 8.92. The highest BCUT2D eigenvalue weighted by molar-refractivity contribution is 6.41. The molecule has 7 heteroatoms. The Hall–Kier alpha value is -2.73. The maximum Gasteiger partial charge on any atom is 0.261 e. The van der Waals surface area contributed by atoms with Gasteiger partial charge in [0.1, 0.15) is 5.75 Å². The Morgan fingerprint density at radius 2 is 1.61 bits per heavy atom. The second-order valence-electron chi connectivity index (χ2n) is 11.2. The van der Waals surface area contributed by atoms with Gasteiger partial charge in [0.15, 0.2) is 0 Å². The standard InChI is InChI=1S/C31H37Cl2N3O2/c1-31(2,3)25-16-23(10-11-28(25)37)36(20-21-8-6-5-7-9-21)30(38)29-26(32)17-24(18-27(29)33)35(4)19-22-12-14-34-15-13-22/h5-11,16-18,22,34,37H,12-15,19-20H2,1-4H3. The van der Waals surface area contributed by atoms with Crippen molar-refractivity contribution in [3.63, 3.8) is 0 Å². The van der Waals surface area contributed by atoms with E-state index in [1.807, 2.05) is 76.3 Å². The summed E-state index contributed by atoms with van der Waals surface area (Å²) in [6.07, 6.45) is 2.28. The third-order valence-corrected chi connectivity index (χ3v) is 7.80. The number of piperidine rings is 1. The molecule has 3 aromatic carbocycles. The van der Waals surface area contributed by atoms with Crippen LogP contribution >= 0.6 is 23.2 Å². The van der Waals surface area contributed by atoms with Gasteiger partial charge in [0.25, 0.3) is 5.91 Å². The van der Waals surface area contributed by atoms with Crippen molar-refractivity contribution in [3.8, 4) is 5.75 Å². The van der Waals surface area contributed by atoms with Gasteiger partial charge in [-0.25, -0.2) is 0 Å². The van der Waals surface area contributed by atoms with E-state index >= 15 is 0 Å². The topological polar surface area (TPSA) is 55.8 Å². The number of anilines is 2. The molecule has 1 saturated heterocycles. The lowest BCUT2D eigenvalue weighted by Crippen LogP contribution is -2.34. The maximum absolute atomic E-state index is 14.1. The maximum atomic E-state index is 14.1. The summed E-state index contributed by atoms with van der Waals surface area (Å²) >= 11 is 13.5. The van der Waals surface area contributed by atoms with Crippen LogP contribution in [0.3, 0.4) is 0 Å². The Labute approximate surface area is 236 Å². The summed E-state index contributed by atoms with van der Waals surface area (Å²) < 4.78 is 0. The number of aromatic hydroxyl groups is 1. The average molecular weight is 555 g/mol. The number of phenolic OH excluding ortho intramolecular Hbond substituents is 1. The summed E-state index contributed by atoms with van der Waals surface area (Å²) in [5.41, 5.74) is 3.25. The number of nitrogens with zero attached hydrogens (tertiary/aromatic N) is 2. The van der Waals surface area contributed by atoms with Crippen LogP contribution in [0.15, 0.2) is 60.7 Å². The highest BCUT2D eigenvalue weighted by Gasteiger charge is 2.27. The van der Waals surface area contributed by atoms with Crippen LogP contribution in [0.5, 0.6) is 5.75 Å². The van der Waals surface area contributed by atoms with Gasteiger partial charge in [0.2, 0.25) is 0 Å². The monoisotopic (exact) mass is 553 g/mol. The summed E-state index contributed by atoms with van der Waals surface area (Å²) in [5, 5.41) is 14.6. The van der Waals surface area contributed by atoms with Crippen molar-refractivity contribution in [2.45, 2.75) is 45.6 Å². The molecule has 4 rings (SSSR count). The largest absolute Gasteiger partial charge is 0.508 e. The van der Waals surface area contributed by atoms with Crippen LogP contribution in [0.4, 0.5) is 11.4 Å². The molecule has 0 atom stereocenters. The number of hydrogen-bond donors (Lipinski definition) is 2. The number of nitrogens with one attached hydrogen (secondary N) is 1. The SMILES string of the molecule is CN(CC1CCNCC1)c1cc(Cl)c(C(=O)N(Cc2ccccc2)c2ccc(O)c(C(C)(C)C)c2)c(Cl)c1. The molecule has 0 bridgehead atoms. The van der Waals surface area contributed by atoms with E-state index in [2.05, 4.69) is 10.2 Å². The van der Waals surface area contributed by atoms with Gasteiger partial charge in [-0.15, -0.1) is 0 Å². The van der Waals surface area contributed by atoms with Gasteiger partial charge in [-0.3, -0.25) is 4.79 Å². The van der Waals surface area contributed by atoms with Gasteiger partial charge in [0.05, 0.1) is 22.2 Å². The van der Waals surface area contributed by atoms with Crippen molar-refractivity contribution in [3.05, 3.63) is 87.4 Å². The molecule has 2 N–H and O–H groups in total. The number of carbonyl (C=O) groups excluding carboxylic acids is 1. The fourth-order valence-electron chi connectivity index (χ4n) is 5.02. The molecule has 1 aliphatic heterocycles. The quantitative estimate of drug-likeness (QED) is 0.322. The van der Waals surface area contributed by atoms with Crippen molar-refractivity contribution in [1.29, 1.82) is 0 Å². The van der Waals surface area contributed by atoms with E-state index in [4.69, 9.17) is 23.2 Å². The molecular weight excluding hydrogens is 517 g/mol. The number of hydrogen-bond acceptors (Lipinski definition) is 4. The summed E-state index contributed by atoms with van der Waals surface area (Å²) in [5.74, 6) is 0.514. The summed E-state index contributed by atoms with van der Waals surface area (Å²) in [6, 6.07) is 18.7. The second-order valence-corrected chi connectivity index (χ2v) is 12.0. The molecule has 1 heterocycles. The number of benzene rings is 3. The minimum Gasteiger partial charge on any atom is -0.508 e. The third kappa shape index (κ3) is 6.63. The summed E-state index contributed by atoms with van der Waals surface area (Å²) in [6.45, 7) is 9.41. The van der Waals surface area contributed by atoms with Crippen molar-refractivity contribution in [2.75, 3.05) is 36.5 Å². The zero-order valence-electron chi connectivity index (χ0n) is 22.6. The van der Waals surface area contributed by atoms with E-state index in [1.54, 1.807) is 17.0 Å². The fraction of sp³-hybridized carbons (Fsp3) is 0.387. The van der Waals surface area contributed by atoms with Crippen LogP contribution in [0.2, 0.25) is 10.0 Å². The van der Waals surface area contributed by atoms with Crippen molar-refractivity contribution < 1.29 is 9.90 Å². The molecule has 3 aromatic rings. The molecule has 38 heavy (non-hydrogen) atoms. The van der Waals surface area contributed by atoms with Crippen LogP contribution in [0.25, 0.3) is 0 Å². The van der Waals surface area contributed by atoms with Crippen molar-refractivity contribution >= 4 is 40.5 Å². The summed E-state index contributed by atoms with van der Waals surface area (Å²) in [4.78, 5) is 18.0. The lowest BCUT2D eigenvalue weighted by molar-refractivity contribution is 0.0985. The normalized spacial score (nSPS) is 14.4. The Bertz CT molecular complexity index is 1240. The van der Waals surface area contributed by atoms with Crippen LogP contribution in [-0.2, 0) is 12.0 Å². The van der Waals surface area contributed by atoms with Crippen LogP contribution in [-0.4, -0.2) is 37.7 Å². The molecule has 0 radical (unpaired) electrons. The van der Waals surface area contributed by atoms with Crippen LogP contribution in [0.1, 0.15) is 55.1 Å². The van der Waals surface area contributed by atoms with Gasteiger partial charge >= 0.3 is 0 Å². The Morgan fingerprint density at radius 1 is 0.974 bits per heavy atom. The van der Waals surface area contributed by atoms with E-state index in [9.17, 15) is 9.90 Å². The van der Waals surface area contributed by atoms with E-state index in [0.717, 1.165) is 49.3 Å². The van der Waals surface area contributed by atoms with Gasteiger partial charge in [0, 0.05) is 30.5 Å². The zero-order chi connectivity index (χ0) is 27.4. The summed E-state index contributed by atoms with van der Waals surface area (Å²) in [7, 11) is 2.04. The molecule has 1 aliphatic rings. The highest BCUT2D eigenvalue weighted by Crippen LogP contribution is 2.37. The first-order valence-corrected chi connectivity index (χ1v) is 13.9. The first-order valence-electron chi connectivity index (χ1n) is 13.1. The number of carbonyl (C=O) groups is 1. The molecular formula is C31H37Cl2N3O2. The van der Waals surface area contributed by atoms with Crippen molar-refractivity contribution in [1.82, 2.24) is 5.32 Å². The van der Waals surface area contributed by atoms with E-state index in [1.165, 1.54) is 0 Å². The smallest absolute Gasteiger partial charge is 0.261 e. The first-order chi connectivity index (χ1) is 18.0. The predicted molar refractivity (Wildman–Crippen MR) is 159 cm³/mol. The lowest BCUT2D eigenvalue weighted by atomic mass is 9.86. The number of halogens is 2. The van der Waals surface area contributed by atoms with Crippen LogP contribution in [0, 0.1) is 5.92 Å². The zero-order valence-corrected chi connectivity index (χ0v) is 24.1. The fourth-order valence-corrected chi connectivity index (χ4v) is 5.65. The van der Waals surface area contributed by atoms with E-state index < -0.39 is 0 Å². The number of rotatable bonds is 7. The van der Waals surface area contributed by atoms with Gasteiger partial charge in [-0.05, 0) is 73.2 Å². The lowest BCUT2D eigenvalue weighted by Gasteiger charge is -2.30. The first kappa shape index (κ1) is 28.3. The molecule has 0 spiro atoms. The van der Waals surface area contributed by atoms with Crippen molar-refractivity contribution in [2.24, 2.45) is 5.92 Å². The molecule has 0 aliphatic carbocycles. The number of phenols is 1. The molecule has 0 saturated carbocycles. The molecule has 5 nitrogen and oxygen atoms in total. The number of amides is 1. The molecule has 1 amide bonds.